The number of hydrogen-bond donors (Lipinski definition) is 2. The third-order valence-electron chi connectivity index (χ3n) is 2.69. The molecule has 1 aromatic heterocycles. The number of carbonyl (C=O) groups excluding carboxylic acids is 1. The fourth-order valence-corrected chi connectivity index (χ4v) is 1.63. The van der Waals surface area contributed by atoms with E-state index >= 15 is 0 Å². The maximum atomic E-state index is 13.4. The highest BCUT2D eigenvalue weighted by Gasteiger charge is 2.08. The van der Waals surface area contributed by atoms with Gasteiger partial charge in [-0.25, -0.2) is 4.39 Å². The lowest BCUT2D eigenvalue weighted by molar-refractivity contribution is 0.0945. The number of rotatable bonds is 4. The van der Waals surface area contributed by atoms with E-state index in [1.807, 2.05) is 0 Å². The van der Waals surface area contributed by atoms with Gasteiger partial charge in [-0.3, -0.25) is 9.78 Å². The highest BCUT2D eigenvalue weighted by molar-refractivity contribution is 5.92. The van der Waals surface area contributed by atoms with Gasteiger partial charge in [-0.2, -0.15) is 0 Å². The number of nitrogens with two attached hydrogens (primary N) is 1. The van der Waals surface area contributed by atoms with Gasteiger partial charge < -0.3 is 11.1 Å². The second-order valence-electron chi connectivity index (χ2n) is 4.03. The van der Waals surface area contributed by atoms with Gasteiger partial charge in [0.15, 0.2) is 0 Å². The predicted octanol–water partition coefficient (Wildman–Crippen LogP) is 1.61. The van der Waals surface area contributed by atoms with Crippen molar-refractivity contribution >= 4 is 5.91 Å². The molecule has 5 heteroatoms. The zero-order valence-electron chi connectivity index (χ0n) is 10.3. The number of hydrogen-bond acceptors (Lipinski definition) is 3. The van der Waals surface area contributed by atoms with Gasteiger partial charge in [-0.05, 0) is 23.8 Å². The van der Waals surface area contributed by atoms with Crippen molar-refractivity contribution in [3.8, 4) is 0 Å². The minimum atomic E-state index is -0.349. The first-order valence-corrected chi connectivity index (χ1v) is 5.87. The van der Waals surface area contributed by atoms with Crippen molar-refractivity contribution in [3.05, 3.63) is 65.2 Å². The summed E-state index contributed by atoms with van der Waals surface area (Å²) in [4.78, 5) is 15.8. The number of nitrogens with zero attached hydrogens (tertiary/aromatic N) is 1. The predicted molar refractivity (Wildman–Crippen MR) is 69.7 cm³/mol. The SMILES string of the molecule is NCc1ccnc(C(=O)NCc2ccccc2F)c1. The Morgan fingerprint density at radius 3 is 2.84 bits per heavy atom. The maximum absolute atomic E-state index is 13.4. The molecular formula is C14H14FN3O. The highest BCUT2D eigenvalue weighted by Crippen LogP contribution is 2.06. The zero-order valence-corrected chi connectivity index (χ0v) is 10.3. The van der Waals surface area contributed by atoms with Crippen molar-refractivity contribution < 1.29 is 9.18 Å². The van der Waals surface area contributed by atoms with Crippen LogP contribution >= 0.6 is 0 Å². The number of benzene rings is 1. The second-order valence-corrected chi connectivity index (χ2v) is 4.03. The maximum Gasteiger partial charge on any atom is 0.270 e. The molecule has 19 heavy (non-hydrogen) atoms. The summed E-state index contributed by atoms with van der Waals surface area (Å²) in [7, 11) is 0. The summed E-state index contributed by atoms with van der Waals surface area (Å²) in [6.45, 7) is 0.468. The van der Waals surface area contributed by atoms with Crippen LogP contribution in [0.25, 0.3) is 0 Å². The van der Waals surface area contributed by atoms with Crippen LogP contribution in [0.4, 0.5) is 4.39 Å². The summed E-state index contributed by atoms with van der Waals surface area (Å²) in [6, 6.07) is 9.67. The molecule has 2 aromatic rings. The summed E-state index contributed by atoms with van der Waals surface area (Å²) in [5, 5.41) is 2.63. The molecule has 0 fully saturated rings. The Morgan fingerprint density at radius 2 is 2.11 bits per heavy atom. The first-order valence-electron chi connectivity index (χ1n) is 5.87. The highest BCUT2D eigenvalue weighted by atomic mass is 19.1. The molecule has 1 aromatic carbocycles. The summed E-state index contributed by atoms with van der Waals surface area (Å²) < 4.78 is 13.4. The van der Waals surface area contributed by atoms with Gasteiger partial charge in [0.25, 0.3) is 5.91 Å². The molecule has 2 rings (SSSR count). The zero-order chi connectivity index (χ0) is 13.7. The van der Waals surface area contributed by atoms with E-state index in [0.717, 1.165) is 5.56 Å². The Labute approximate surface area is 110 Å². The van der Waals surface area contributed by atoms with Gasteiger partial charge in [-0.1, -0.05) is 18.2 Å². The van der Waals surface area contributed by atoms with E-state index in [0.29, 0.717) is 12.1 Å². The Bertz CT molecular complexity index is 586. The van der Waals surface area contributed by atoms with Crippen molar-refractivity contribution in [2.24, 2.45) is 5.73 Å². The molecule has 0 saturated heterocycles. The number of halogens is 1. The second kappa shape index (κ2) is 6.06. The van der Waals surface area contributed by atoms with Crippen LogP contribution < -0.4 is 11.1 Å². The lowest BCUT2D eigenvalue weighted by Crippen LogP contribution is -2.24. The Hall–Kier alpha value is -2.27. The fraction of sp³-hybridized carbons (Fsp3) is 0.143. The number of amides is 1. The van der Waals surface area contributed by atoms with E-state index in [2.05, 4.69) is 10.3 Å². The Morgan fingerprint density at radius 1 is 1.32 bits per heavy atom. The molecule has 0 saturated carbocycles. The van der Waals surface area contributed by atoms with Crippen LogP contribution in [0.5, 0.6) is 0 Å². The van der Waals surface area contributed by atoms with Crippen molar-refractivity contribution in [1.29, 1.82) is 0 Å². The van der Waals surface area contributed by atoms with Crippen molar-refractivity contribution in [3.63, 3.8) is 0 Å². The minimum Gasteiger partial charge on any atom is -0.347 e. The summed E-state index contributed by atoms with van der Waals surface area (Å²) in [5.74, 6) is -0.690. The average Bonchev–Trinajstić information content (AvgIpc) is 2.46. The standard InChI is InChI=1S/C14H14FN3O/c15-12-4-2-1-3-11(12)9-18-14(19)13-7-10(8-16)5-6-17-13/h1-7H,8-9,16H2,(H,18,19). The molecule has 0 unspecified atom stereocenters. The van der Waals surface area contributed by atoms with Gasteiger partial charge in [-0.15, -0.1) is 0 Å². The van der Waals surface area contributed by atoms with Crippen LogP contribution in [0.1, 0.15) is 21.6 Å². The van der Waals surface area contributed by atoms with Crippen LogP contribution in [0, 0.1) is 5.82 Å². The van der Waals surface area contributed by atoms with E-state index in [-0.39, 0.29) is 24.0 Å². The third kappa shape index (κ3) is 3.35. The molecule has 0 aliphatic heterocycles. The molecule has 1 amide bonds. The molecular weight excluding hydrogens is 245 g/mol. The van der Waals surface area contributed by atoms with E-state index in [1.54, 1.807) is 30.3 Å². The van der Waals surface area contributed by atoms with Crippen molar-refractivity contribution in [1.82, 2.24) is 10.3 Å². The number of carbonyl (C=O) groups is 1. The topological polar surface area (TPSA) is 68.0 Å². The van der Waals surface area contributed by atoms with Crippen LogP contribution in [-0.4, -0.2) is 10.9 Å². The largest absolute Gasteiger partial charge is 0.347 e. The van der Waals surface area contributed by atoms with E-state index in [4.69, 9.17) is 5.73 Å². The molecule has 0 atom stereocenters. The summed E-state index contributed by atoms with van der Waals surface area (Å²) in [5.41, 5.74) is 7.03. The molecule has 0 radical (unpaired) electrons. The average molecular weight is 259 g/mol. The molecule has 1 heterocycles. The van der Waals surface area contributed by atoms with Gasteiger partial charge in [0, 0.05) is 24.8 Å². The first kappa shape index (κ1) is 13.2. The van der Waals surface area contributed by atoms with Gasteiger partial charge in [0.05, 0.1) is 0 Å². The van der Waals surface area contributed by atoms with E-state index in [9.17, 15) is 9.18 Å². The number of aromatic nitrogens is 1. The molecule has 4 nitrogen and oxygen atoms in total. The molecule has 0 aliphatic rings. The van der Waals surface area contributed by atoms with Crippen molar-refractivity contribution in [2.75, 3.05) is 0 Å². The van der Waals surface area contributed by atoms with Crippen LogP contribution in [0.2, 0.25) is 0 Å². The lowest BCUT2D eigenvalue weighted by Gasteiger charge is -2.06. The van der Waals surface area contributed by atoms with Crippen LogP contribution in [0.15, 0.2) is 42.6 Å². The molecule has 0 aliphatic carbocycles. The summed E-state index contributed by atoms with van der Waals surface area (Å²) >= 11 is 0. The Kier molecular flexibility index (Phi) is 4.20. The van der Waals surface area contributed by atoms with Crippen LogP contribution in [0.3, 0.4) is 0 Å². The van der Waals surface area contributed by atoms with Crippen molar-refractivity contribution in [2.45, 2.75) is 13.1 Å². The van der Waals surface area contributed by atoms with Gasteiger partial charge in [0.1, 0.15) is 11.5 Å². The molecule has 98 valence electrons. The molecule has 0 bridgehead atoms. The smallest absolute Gasteiger partial charge is 0.270 e. The quantitative estimate of drug-likeness (QED) is 0.876. The monoisotopic (exact) mass is 259 g/mol. The molecule has 3 N–H and O–H groups in total. The normalized spacial score (nSPS) is 10.2. The van der Waals surface area contributed by atoms with E-state index < -0.39 is 0 Å². The summed E-state index contributed by atoms with van der Waals surface area (Å²) in [6.07, 6.45) is 1.53. The lowest BCUT2D eigenvalue weighted by atomic mass is 10.2. The minimum absolute atomic E-state index is 0.125. The third-order valence-corrected chi connectivity index (χ3v) is 2.69. The van der Waals surface area contributed by atoms with Crippen LogP contribution in [-0.2, 0) is 13.1 Å². The number of pyridine rings is 1. The van der Waals surface area contributed by atoms with Gasteiger partial charge >= 0.3 is 0 Å². The first-order chi connectivity index (χ1) is 9.20. The fourth-order valence-electron chi connectivity index (χ4n) is 1.63. The van der Waals surface area contributed by atoms with E-state index in [1.165, 1.54) is 12.3 Å². The Balaban J connectivity index is 2.03. The van der Waals surface area contributed by atoms with Gasteiger partial charge in [0.2, 0.25) is 0 Å². The molecule has 0 spiro atoms. The number of nitrogens with one attached hydrogen (secondary N) is 1.